The standard InChI is InChI=1S/C13H12N2O4/c1-18-12-4-2-3-9(15-12)8-19-11-7-14-6-5-10(11)13(16)17/h2-7H,8H2,1H3,(H,16,17). The molecule has 0 saturated heterocycles. The number of carboxylic acids is 1. The first-order valence-electron chi connectivity index (χ1n) is 5.50. The molecule has 0 fully saturated rings. The van der Waals surface area contributed by atoms with Crippen LogP contribution in [0.5, 0.6) is 11.6 Å². The van der Waals surface area contributed by atoms with Gasteiger partial charge < -0.3 is 14.6 Å². The lowest BCUT2D eigenvalue weighted by molar-refractivity contribution is 0.0691. The van der Waals surface area contributed by atoms with E-state index in [-0.39, 0.29) is 17.9 Å². The number of aromatic carboxylic acids is 1. The number of nitrogens with zero attached hydrogens (tertiary/aromatic N) is 2. The van der Waals surface area contributed by atoms with Gasteiger partial charge in [0.25, 0.3) is 0 Å². The van der Waals surface area contributed by atoms with Crippen LogP contribution in [-0.2, 0) is 6.61 Å². The molecule has 2 heterocycles. The number of aromatic nitrogens is 2. The predicted octanol–water partition coefficient (Wildman–Crippen LogP) is 1.76. The summed E-state index contributed by atoms with van der Waals surface area (Å²) < 4.78 is 10.4. The van der Waals surface area contributed by atoms with E-state index in [4.69, 9.17) is 14.6 Å². The third-order valence-electron chi connectivity index (χ3n) is 2.38. The predicted molar refractivity (Wildman–Crippen MR) is 66.3 cm³/mol. The summed E-state index contributed by atoms with van der Waals surface area (Å²) in [6.45, 7) is 0.142. The highest BCUT2D eigenvalue weighted by Crippen LogP contribution is 2.18. The number of methoxy groups -OCH3 is 1. The van der Waals surface area contributed by atoms with E-state index < -0.39 is 5.97 Å². The molecule has 0 bridgehead atoms. The molecule has 0 saturated carbocycles. The molecular formula is C13H12N2O4. The van der Waals surface area contributed by atoms with E-state index in [0.717, 1.165) is 0 Å². The second-order valence-corrected chi connectivity index (χ2v) is 3.64. The maximum absolute atomic E-state index is 11.0. The van der Waals surface area contributed by atoms with Crippen molar-refractivity contribution < 1.29 is 19.4 Å². The first-order chi connectivity index (χ1) is 9.20. The third-order valence-corrected chi connectivity index (χ3v) is 2.38. The van der Waals surface area contributed by atoms with Crippen LogP contribution in [0.2, 0.25) is 0 Å². The first-order valence-corrected chi connectivity index (χ1v) is 5.50. The Labute approximate surface area is 109 Å². The molecule has 0 radical (unpaired) electrons. The van der Waals surface area contributed by atoms with Gasteiger partial charge in [-0.05, 0) is 12.1 Å². The Balaban J connectivity index is 2.12. The van der Waals surface area contributed by atoms with Crippen LogP contribution >= 0.6 is 0 Å². The second-order valence-electron chi connectivity index (χ2n) is 3.64. The van der Waals surface area contributed by atoms with Gasteiger partial charge in [0.1, 0.15) is 12.2 Å². The van der Waals surface area contributed by atoms with Crippen molar-refractivity contribution in [1.82, 2.24) is 9.97 Å². The van der Waals surface area contributed by atoms with E-state index in [0.29, 0.717) is 11.6 Å². The lowest BCUT2D eigenvalue weighted by Gasteiger charge is -2.08. The topological polar surface area (TPSA) is 81.5 Å². The molecule has 2 rings (SSSR count). The molecule has 1 N–H and O–H groups in total. The summed E-state index contributed by atoms with van der Waals surface area (Å²) in [4.78, 5) is 19.0. The first kappa shape index (κ1) is 12.8. The van der Waals surface area contributed by atoms with Gasteiger partial charge in [-0.15, -0.1) is 0 Å². The fourth-order valence-corrected chi connectivity index (χ4v) is 1.48. The highest BCUT2D eigenvalue weighted by Gasteiger charge is 2.11. The summed E-state index contributed by atoms with van der Waals surface area (Å²) in [6.07, 6.45) is 2.77. The van der Waals surface area contributed by atoms with Crippen LogP contribution in [0.3, 0.4) is 0 Å². The zero-order valence-electron chi connectivity index (χ0n) is 10.2. The molecule has 19 heavy (non-hydrogen) atoms. The fourth-order valence-electron chi connectivity index (χ4n) is 1.48. The molecular weight excluding hydrogens is 248 g/mol. The monoisotopic (exact) mass is 260 g/mol. The molecule has 2 aromatic heterocycles. The van der Waals surface area contributed by atoms with Gasteiger partial charge in [-0.2, -0.15) is 0 Å². The minimum Gasteiger partial charge on any atom is -0.485 e. The molecule has 0 amide bonds. The number of rotatable bonds is 5. The molecule has 98 valence electrons. The van der Waals surface area contributed by atoms with Crippen LogP contribution in [0.1, 0.15) is 16.1 Å². The number of carboxylic acid groups (broad SMARTS) is 1. The van der Waals surface area contributed by atoms with Crippen LogP contribution in [0.4, 0.5) is 0 Å². The Morgan fingerprint density at radius 3 is 2.95 bits per heavy atom. The molecule has 2 aromatic rings. The molecule has 6 heteroatoms. The van der Waals surface area contributed by atoms with Crippen LogP contribution in [0.15, 0.2) is 36.7 Å². The average Bonchev–Trinajstić information content (AvgIpc) is 2.45. The van der Waals surface area contributed by atoms with Crippen molar-refractivity contribution in [3.8, 4) is 11.6 Å². The van der Waals surface area contributed by atoms with Crippen molar-refractivity contribution in [3.05, 3.63) is 47.9 Å². The van der Waals surface area contributed by atoms with Crippen molar-refractivity contribution in [2.45, 2.75) is 6.61 Å². The summed E-state index contributed by atoms with van der Waals surface area (Å²) in [5, 5.41) is 9.00. The van der Waals surface area contributed by atoms with Crippen LogP contribution in [0.25, 0.3) is 0 Å². The summed E-state index contributed by atoms with van der Waals surface area (Å²) in [7, 11) is 1.52. The summed E-state index contributed by atoms with van der Waals surface area (Å²) in [5.74, 6) is -0.374. The quantitative estimate of drug-likeness (QED) is 0.882. The van der Waals surface area contributed by atoms with Crippen LogP contribution < -0.4 is 9.47 Å². The molecule has 0 atom stereocenters. The van der Waals surface area contributed by atoms with Gasteiger partial charge >= 0.3 is 5.97 Å². The molecule has 0 aliphatic carbocycles. The Morgan fingerprint density at radius 2 is 2.21 bits per heavy atom. The van der Waals surface area contributed by atoms with E-state index in [1.54, 1.807) is 18.2 Å². The van der Waals surface area contributed by atoms with Gasteiger partial charge in [-0.1, -0.05) is 6.07 Å². The number of ether oxygens (including phenoxy) is 2. The zero-order valence-corrected chi connectivity index (χ0v) is 10.2. The van der Waals surface area contributed by atoms with Crippen molar-refractivity contribution >= 4 is 5.97 Å². The number of hydrogen-bond donors (Lipinski definition) is 1. The van der Waals surface area contributed by atoms with Crippen LogP contribution in [0, 0.1) is 0 Å². The van der Waals surface area contributed by atoms with Gasteiger partial charge in [0, 0.05) is 12.3 Å². The summed E-state index contributed by atoms with van der Waals surface area (Å²) >= 11 is 0. The largest absolute Gasteiger partial charge is 0.485 e. The van der Waals surface area contributed by atoms with Gasteiger partial charge in [-0.3, -0.25) is 4.98 Å². The highest BCUT2D eigenvalue weighted by molar-refractivity contribution is 5.90. The molecule has 0 aliphatic rings. The number of hydrogen-bond acceptors (Lipinski definition) is 5. The van der Waals surface area contributed by atoms with Crippen molar-refractivity contribution in [2.24, 2.45) is 0 Å². The van der Waals surface area contributed by atoms with E-state index >= 15 is 0 Å². The molecule has 0 unspecified atom stereocenters. The maximum Gasteiger partial charge on any atom is 0.339 e. The van der Waals surface area contributed by atoms with Gasteiger partial charge in [0.05, 0.1) is 19.0 Å². The summed E-state index contributed by atoms with van der Waals surface area (Å²) in [6, 6.07) is 6.65. The average molecular weight is 260 g/mol. The van der Waals surface area contributed by atoms with Crippen molar-refractivity contribution in [3.63, 3.8) is 0 Å². The van der Waals surface area contributed by atoms with Crippen LogP contribution in [-0.4, -0.2) is 28.2 Å². The fraction of sp³-hybridized carbons (Fsp3) is 0.154. The lowest BCUT2D eigenvalue weighted by Crippen LogP contribution is -2.05. The van der Waals surface area contributed by atoms with Crippen molar-refractivity contribution in [1.29, 1.82) is 0 Å². The Kier molecular flexibility index (Phi) is 3.92. The minimum absolute atomic E-state index is 0.0675. The number of carbonyl (C=O) groups is 1. The third kappa shape index (κ3) is 3.19. The zero-order chi connectivity index (χ0) is 13.7. The SMILES string of the molecule is COc1cccc(COc2cnccc2C(=O)O)n1. The van der Waals surface area contributed by atoms with Gasteiger partial charge in [0.2, 0.25) is 5.88 Å². The van der Waals surface area contributed by atoms with E-state index in [1.165, 1.54) is 25.6 Å². The minimum atomic E-state index is -1.06. The Morgan fingerprint density at radius 1 is 1.37 bits per heavy atom. The Hall–Kier alpha value is -2.63. The number of pyridine rings is 2. The molecule has 0 aliphatic heterocycles. The lowest BCUT2D eigenvalue weighted by atomic mass is 10.2. The van der Waals surface area contributed by atoms with E-state index in [2.05, 4.69) is 9.97 Å². The molecule has 0 aromatic carbocycles. The van der Waals surface area contributed by atoms with Crippen molar-refractivity contribution in [2.75, 3.05) is 7.11 Å². The summed E-state index contributed by atoms with van der Waals surface area (Å²) in [5.41, 5.74) is 0.706. The molecule has 6 nitrogen and oxygen atoms in total. The normalized spacial score (nSPS) is 9.95. The van der Waals surface area contributed by atoms with Gasteiger partial charge in [-0.25, -0.2) is 9.78 Å². The Bertz CT molecular complexity index is 586. The van der Waals surface area contributed by atoms with E-state index in [1.807, 2.05) is 0 Å². The second kappa shape index (κ2) is 5.81. The van der Waals surface area contributed by atoms with E-state index in [9.17, 15) is 4.79 Å². The maximum atomic E-state index is 11.0. The molecule has 0 spiro atoms. The smallest absolute Gasteiger partial charge is 0.339 e. The highest BCUT2D eigenvalue weighted by atomic mass is 16.5. The van der Waals surface area contributed by atoms with Gasteiger partial charge in [0.15, 0.2) is 5.75 Å².